The fourth-order valence-electron chi connectivity index (χ4n) is 1.22. The number of ether oxygens (including phenoxy) is 1. The van der Waals surface area contributed by atoms with Crippen molar-refractivity contribution in [1.82, 2.24) is 5.32 Å². The van der Waals surface area contributed by atoms with Gasteiger partial charge in [-0.2, -0.15) is 0 Å². The van der Waals surface area contributed by atoms with E-state index in [-0.39, 0.29) is 17.2 Å². The number of aromatic hydroxyl groups is 1. The number of methoxy groups -OCH3 is 1. The van der Waals surface area contributed by atoms with Crippen molar-refractivity contribution in [2.24, 2.45) is 5.92 Å². The minimum atomic E-state index is -0.270. The summed E-state index contributed by atoms with van der Waals surface area (Å²) in [5, 5.41) is 12.4. The average Bonchev–Trinajstić information content (AvgIpc) is 2.25. The second-order valence-electron chi connectivity index (χ2n) is 3.99. The van der Waals surface area contributed by atoms with E-state index in [1.165, 1.54) is 13.2 Å². The van der Waals surface area contributed by atoms with Gasteiger partial charge < -0.3 is 15.2 Å². The Morgan fingerprint density at radius 1 is 1.50 bits per heavy atom. The number of phenolic OH excluding ortho intramolecular Hbond substituents is 1. The van der Waals surface area contributed by atoms with Gasteiger partial charge in [0.15, 0.2) is 0 Å². The first kappa shape index (κ1) is 12.4. The number of hydrogen-bond donors (Lipinski definition) is 2. The Labute approximate surface area is 95.2 Å². The molecule has 1 aromatic carbocycles. The van der Waals surface area contributed by atoms with Gasteiger partial charge in [-0.05, 0) is 18.1 Å². The molecule has 0 saturated carbocycles. The second kappa shape index (κ2) is 5.39. The molecule has 16 heavy (non-hydrogen) atoms. The normalized spacial score (nSPS) is 10.2. The number of carbonyl (C=O) groups excluding carboxylic acids is 1. The lowest BCUT2D eigenvalue weighted by molar-refractivity contribution is 0.0946. The summed E-state index contributed by atoms with van der Waals surface area (Å²) in [5.74, 6) is 0.566. The van der Waals surface area contributed by atoms with E-state index >= 15 is 0 Å². The van der Waals surface area contributed by atoms with Crippen molar-refractivity contribution in [1.29, 1.82) is 0 Å². The topological polar surface area (TPSA) is 58.6 Å². The van der Waals surface area contributed by atoms with E-state index in [1.54, 1.807) is 12.1 Å². The largest absolute Gasteiger partial charge is 0.507 e. The standard InChI is InChI=1S/C12H17NO3/c1-8(2)7-13-12(15)10-5-4-9(16-3)6-11(10)14/h4-6,8,14H,7H2,1-3H3,(H,13,15). The van der Waals surface area contributed by atoms with Crippen LogP contribution in [0, 0.1) is 5.92 Å². The van der Waals surface area contributed by atoms with Crippen LogP contribution in [-0.4, -0.2) is 24.7 Å². The quantitative estimate of drug-likeness (QED) is 0.818. The Balaban J connectivity index is 2.76. The lowest BCUT2D eigenvalue weighted by atomic mass is 10.1. The van der Waals surface area contributed by atoms with Crippen LogP contribution >= 0.6 is 0 Å². The van der Waals surface area contributed by atoms with E-state index in [0.717, 1.165) is 0 Å². The monoisotopic (exact) mass is 223 g/mol. The molecule has 0 aliphatic rings. The van der Waals surface area contributed by atoms with E-state index < -0.39 is 0 Å². The number of amides is 1. The van der Waals surface area contributed by atoms with Gasteiger partial charge in [-0.15, -0.1) is 0 Å². The molecule has 0 aromatic heterocycles. The fraction of sp³-hybridized carbons (Fsp3) is 0.417. The highest BCUT2D eigenvalue weighted by molar-refractivity contribution is 5.96. The molecular formula is C12H17NO3. The summed E-state index contributed by atoms with van der Waals surface area (Å²) in [6.45, 7) is 4.60. The molecule has 0 heterocycles. The van der Waals surface area contributed by atoms with Crippen LogP contribution < -0.4 is 10.1 Å². The van der Waals surface area contributed by atoms with Crippen molar-refractivity contribution < 1.29 is 14.6 Å². The molecule has 0 radical (unpaired) electrons. The fourth-order valence-corrected chi connectivity index (χ4v) is 1.22. The van der Waals surface area contributed by atoms with Crippen molar-refractivity contribution in [2.45, 2.75) is 13.8 Å². The van der Waals surface area contributed by atoms with Crippen molar-refractivity contribution in [3.63, 3.8) is 0 Å². The van der Waals surface area contributed by atoms with Gasteiger partial charge in [0.05, 0.1) is 12.7 Å². The Hall–Kier alpha value is -1.71. The zero-order chi connectivity index (χ0) is 12.1. The van der Waals surface area contributed by atoms with Crippen LogP contribution in [0.4, 0.5) is 0 Å². The molecule has 88 valence electrons. The first-order chi connectivity index (χ1) is 7.54. The van der Waals surface area contributed by atoms with Crippen LogP contribution in [0.15, 0.2) is 18.2 Å². The molecule has 0 atom stereocenters. The van der Waals surface area contributed by atoms with Gasteiger partial charge in [-0.3, -0.25) is 4.79 Å². The molecule has 0 aliphatic heterocycles. The summed E-state index contributed by atoms with van der Waals surface area (Å²) in [6.07, 6.45) is 0. The van der Waals surface area contributed by atoms with Gasteiger partial charge in [0.1, 0.15) is 11.5 Å². The molecule has 0 fully saturated rings. The van der Waals surface area contributed by atoms with Crippen LogP contribution in [0.3, 0.4) is 0 Å². The van der Waals surface area contributed by atoms with E-state index in [4.69, 9.17) is 4.74 Å². The minimum absolute atomic E-state index is 0.0689. The summed E-state index contributed by atoms with van der Waals surface area (Å²) in [7, 11) is 1.51. The van der Waals surface area contributed by atoms with E-state index in [0.29, 0.717) is 18.2 Å². The van der Waals surface area contributed by atoms with E-state index in [1.807, 2.05) is 13.8 Å². The van der Waals surface area contributed by atoms with Crippen LogP contribution in [-0.2, 0) is 0 Å². The summed E-state index contributed by atoms with van der Waals surface area (Å²) in [5.41, 5.74) is 0.265. The number of phenols is 1. The molecule has 1 rings (SSSR count). The van der Waals surface area contributed by atoms with Crippen LogP contribution in [0.2, 0.25) is 0 Å². The third-order valence-corrected chi connectivity index (χ3v) is 2.12. The Morgan fingerprint density at radius 2 is 2.19 bits per heavy atom. The van der Waals surface area contributed by atoms with Crippen molar-refractivity contribution in [3.05, 3.63) is 23.8 Å². The van der Waals surface area contributed by atoms with Gasteiger partial charge in [0.25, 0.3) is 5.91 Å². The van der Waals surface area contributed by atoms with Gasteiger partial charge >= 0.3 is 0 Å². The highest BCUT2D eigenvalue weighted by Gasteiger charge is 2.11. The molecule has 0 spiro atoms. The first-order valence-corrected chi connectivity index (χ1v) is 5.19. The number of benzene rings is 1. The highest BCUT2D eigenvalue weighted by atomic mass is 16.5. The van der Waals surface area contributed by atoms with E-state index in [2.05, 4.69) is 5.32 Å². The lowest BCUT2D eigenvalue weighted by Crippen LogP contribution is -2.27. The number of hydrogen-bond acceptors (Lipinski definition) is 3. The molecule has 4 heteroatoms. The minimum Gasteiger partial charge on any atom is -0.507 e. The summed E-state index contributed by atoms with van der Waals surface area (Å²) >= 11 is 0. The molecule has 0 saturated heterocycles. The Bertz CT molecular complexity index is 375. The molecule has 0 bridgehead atoms. The second-order valence-corrected chi connectivity index (χ2v) is 3.99. The Kier molecular flexibility index (Phi) is 4.17. The summed E-state index contributed by atoms with van der Waals surface area (Å²) in [6, 6.07) is 4.61. The van der Waals surface area contributed by atoms with Crippen LogP contribution in [0.25, 0.3) is 0 Å². The molecule has 4 nitrogen and oxygen atoms in total. The third-order valence-electron chi connectivity index (χ3n) is 2.12. The van der Waals surface area contributed by atoms with Crippen LogP contribution in [0.5, 0.6) is 11.5 Å². The summed E-state index contributed by atoms with van der Waals surface area (Å²) < 4.78 is 4.94. The maximum atomic E-state index is 11.7. The third kappa shape index (κ3) is 3.15. The van der Waals surface area contributed by atoms with E-state index in [9.17, 15) is 9.90 Å². The molecule has 1 aromatic rings. The van der Waals surface area contributed by atoms with Crippen molar-refractivity contribution in [3.8, 4) is 11.5 Å². The maximum absolute atomic E-state index is 11.7. The SMILES string of the molecule is COc1ccc(C(=O)NCC(C)C)c(O)c1. The maximum Gasteiger partial charge on any atom is 0.255 e. The van der Waals surface area contributed by atoms with Gasteiger partial charge in [0.2, 0.25) is 0 Å². The van der Waals surface area contributed by atoms with Gasteiger partial charge in [-0.1, -0.05) is 13.8 Å². The average molecular weight is 223 g/mol. The molecule has 0 aliphatic carbocycles. The van der Waals surface area contributed by atoms with Gasteiger partial charge in [-0.25, -0.2) is 0 Å². The number of nitrogens with one attached hydrogen (secondary N) is 1. The summed E-state index contributed by atoms with van der Waals surface area (Å²) in [4.78, 5) is 11.7. The zero-order valence-electron chi connectivity index (χ0n) is 9.78. The number of rotatable bonds is 4. The number of carbonyl (C=O) groups is 1. The Morgan fingerprint density at radius 3 is 2.69 bits per heavy atom. The highest BCUT2D eigenvalue weighted by Crippen LogP contribution is 2.23. The smallest absolute Gasteiger partial charge is 0.255 e. The first-order valence-electron chi connectivity index (χ1n) is 5.19. The predicted molar refractivity (Wildman–Crippen MR) is 61.8 cm³/mol. The van der Waals surface area contributed by atoms with Crippen molar-refractivity contribution >= 4 is 5.91 Å². The van der Waals surface area contributed by atoms with Crippen molar-refractivity contribution in [2.75, 3.05) is 13.7 Å². The van der Waals surface area contributed by atoms with Crippen LogP contribution in [0.1, 0.15) is 24.2 Å². The predicted octanol–water partition coefficient (Wildman–Crippen LogP) is 1.79. The lowest BCUT2D eigenvalue weighted by Gasteiger charge is -2.09. The molecule has 0 unspecified atom stereocenters. The molecule has 1 amide bonds. The van der Waals surface area contributed by atoms with Gasteiger partial charge in [0, 0.05) is 12.6 Å². The molecule has 2 N–H and O–H groups in total. The molecular weight excluding hydrogens is 206 g/mol. The zero-order valence-corrected chi connectivity index (χ0v) is 9.78.